The predicted octanol–water partition coefficient (Wildman–Crippen LogP) is 1.84. The Morgan fingerprint density at radius 1 is 1.23 bits per heavy atom. The van der Waals surface area contributed by atoms with Crippen LogP contribution in [0.15, 0.2) is 39.9 Å². The average molecular weight is 357 g/mol. The van der Waals surface area contributed by atoms with Gasteiger partial charge in [-0.2, -0.15) is 0 Å². The molecule has 140 valence electrons. The van der Waals surface area contributed by atoms with E-state index in [-0.39, 0.29) is 12.5 Å². The summed E-state index contributed by atoms with van der Waals surface area (Å²) in [7, 11) is 3.43. The molecule has 0 saturated heterocycles. The molecule has 0 aliphatic rings. The monoisotopic (exact) mass is 357 g/mol. The molecule has 0 fully saturated rings. The summed E-state index contributed by atoms with van der Waals surface area (Å²) < 4.78 is 5.57. The van der Waals surface area contributed by atoms with Gasteiger partial charge in [0.2, 0.25) is 11.8 Å². The number of guanidine groups is 1. The third-order valence-electron chi connectivity index (χ3n) is 3.74. The van der Waals surface area contributed by atoms with E-state index in [0.29, 0.717) is 24.8 Å². The topological polar surface area (TPSA) is 82.8 Å². The molecule has 0 unspecified atom stereocenters. The van der Waals surface area contributed by atoms with E-state index in [2.05, 4.69) is 20.6 Å². The van der Waals surface area contributed by atoms with Crippen molar-refractivity contribution in [2.75, 3.05) is 33.7 Å². The minimum absolute atomic E-state index is 0.0403. The van der Waals surface area contributed by atoms with Crippen LogP contribution in [-0.4, -0.2) is 55.5 Å². The smallest absolute Gasteiger partial charge is 0.243 e. The van der Waals surface area contributed by atoms with Gasteiger partial charge in [-0.25, -0.2) is 9.98 Å². The summed E-state index contributed by atoms with van der Waals surface area (Å²) >= 11 is 0. The van der Waals surface area contributed by atoms with Gasteiger partial charge < -0.3 is 20.0 Å². The zero-order valence-electron chi connectivity index (χ0n) is 15.9. The molecule has 0 aliphatic carbocycles. The zero-order valence-corrected chi connectivity index (χ0v) is 15.9. The second-order valence-corrected chi connectivity index (χ2v) is 6.17. The molecule has 0 aliphatic heterocycles. The van der Waals surface area contributed by atoms with E-state index in [1.165, 1.54) is 10.5 Å². The average Bonchev–Trinajstić information content (AvgIpc) is 3.08. The summed E-state index contributed by atoms with van der Waals surface area (Å²) in [5.41, 5.74) is 3.04. The second kappa shape index (κ2) is 9.60. The maximum atomic E-state index is 11.6. The molecule has 0 saturated carbocycles. The van der Waals surface area contributed by atoms with Gasteiger partial charge in [0.25, 0.3) is 0 Å². The van der Waals surface area contributed by atoms with Crippen LogP contribution in [0.2, 0.25) is 0 Å². The van der Waals surface area contributed by atoms with E-state index in [1.54, 1.807) is 20.4 Å². The molecular weight excluding hydrogens is 330 g/mol. The van der Waals surface area contributed by atoms with Gasteiger partial charge in [0.1, 0.15) is 12.8 Å². The molecule has 0 atom stereocenters. The summed E-state index contributed by atoms with van der Waals surface area (Å²) in [5, 5.41) is 6.33. The fourth-order valence-electron chi connectivity index (χ4n) is 2.19. The number of hydrogen-bond acceptors (Lipinski definition) is 4. The van der Waals surface area contributed by atoms with E-state index >= 15 is 0 Å². The Morgan fingerprint density at radius 3 is 2.62 bits per heavy atom. The number of nitrogens with one attached hydrogen (secondary N) is 2. The van der Waals surface area contributed by atoms with Crippen LogP contribution in [0.3, 0.4) is 0 Å². The molecule has 1 aromatic carbocycles. The van der Waals surface area contributed by atoms with Crippen molar-refractivity contribution < 1.29 is 9.21 Å². The van der Waals surface area contributed by atoms with Crippen molar-refractivity contribution in [1.82, 2.24) is 20.5 Å². The first-order chi connectivity index (χ1) is 12.5. The Morgan fingerprint density at radius 2 is 1.96 bits per heavy atom. The Balaban J connectivity index is 1.88. The van der Waals surface area contributed by atoms with Gasteiger partial charge in [-0.1, -0.05) is 17.7 Å². The predicted molar refractivity (Wildman–Crippen MR) is 103 cm³/mol. The largest absolute Gasteiger partial charge is 0.444 e. The number of aryl methyl sites for hydroxylation is 1. The number of nitrogens with zero attached hydrogens (tertiary/aromatic N) is 3. The quantitative estimate of drug-likeness (QED) is 0.584. The number of benzene rings is 1. The van der Waals surface area contributed by atoms with Crippen LogP contribution in [-0.2, 0) is 11.2 Å². The number of carbonyl (C=O) groups is 1. The minimum Gasteiger partial charge on any atom is -0.444 e. The molecule has 7 nitrogen and oxygen atoms in total. The molecule has 1 amide bonds. The maximum Gasteiger partial charge on any atom is 0.243 e. The molecule has 26 heavy (non-hydrogen) atoms. The molecule has 7 heteroatoms. The number of oxazole rings is 1. The molecule has 1 aromatic heterocycles. The minimum atomic E-state index is -0.0403. The van der Waals surface area contributed by atoms with Crippen LogP contribution in [0.5, 0.6) is 0 Å². The summed E-state index contributed by atoms with van der Waals surface area (Å²) in [6.07, 6.45) is 2.37. The zero-order chi connectivity index (χ0) is 18.9. The highest BCUT2D eigenvalue weighted by molar-refractivity contribution is 5.84. The number of aromatic nitrogens is 1. The summed E-state index contributed by atoms with van der Waals surface area (Å²) in [4.78, 5) is 22.0. The Labute approximate surface area is 154 Å². The van der Waals surface area contributed by atoms with Crippen LogP contribution >= 0.6 is 0 Å². The van der Waals surface area contributed by atoms with E-state index in [4.69, 9.17) is 4.42 Å². The SMILES string of the molecule is CCNC(=NCC(=O)N(C)C)NCCc1coc(-c2ccc(C)cc2)n1. The molecule has 2 N–H and O–H groups in total. The Hall–Kier alpha value is -2.83. The number of amides is 1. The van der Waals surface area contributed by atoms with Crippen molar-refractivity contribution in [1.29, 1.82) is 0 Å². The van der Waals surface area contributed by atoms with Gasteiger partial charge in [0, 0.05) is 39.2 Å². The Bertz CT molecular complexity index is 735. The fraction of sp³-hybridized carbons (Fsp3) is 0.421. The van der Waals surface area contributed by atoms with Crippen molar-refractivity contribution in [3.8, 4) is 11.5 Å². The van der Waals surface area contributed by atoms with E-state index < -0.39 is 0 Å². The molecule has 0 bridgehead atoms. The maximum absolute atomic E-state index is 11.6. The van der Waals surface area contributed by atoms with E-state index in [1.807, 2.05) is 38.1 Å². The lowest BCUT2D eigenvalue weighted by Gasteiger charge is -2.12. The van der Waals surface area contributed by atoms with Crippen molar-refractivity contribution >= 4 is 11.9 Å². The van der Waals surface area contributed by atoms with E-state index in [9.17, 15) is 4.79 Å². The summed E-state index contributed by atoms with van der Waals surface area (Å²) in [5.74, 6) is 1.20. The highest BCUT2D eigenvalue weighted by atomic mass is 16.3. The summed E-state index contributed by atoms with van der Waals surface area (Å²) in [6.45, 7) is 5.51. The number of aliphatic imine (C=N–C) groups is 1. The van der Waals surface area contributed by atoms with Gasteiger partial charge in [-0.3, -0.25) is 4.79 Å². The van der Waals surface area contributed by atoms with Crippen molar-refractivity contribution in [3.63, 3.8) is 0 Å². The standard InChI is InChI=1S/C19H27N5O2/c1-5-20-19(22-12-17(25)24(3)4)21-11-10-16-13-26-18(23-16)15-8-6-14(2)7-9-15/h6-9,13H,5,10-12H2,1-4H3,(H2,20,21,22). The molecule has 0 radical (unpaired) electrons. The Kier molecular flexibility index (Phi) is 7.20. The molecule has 0 spiro atoms. The van der Waals surface area contributed by atoms with Crippen LogP contribution in [0.4, 0.5) is 0 Å². The normalized spacial score (nSPS) is 11.3. The highest BCUT2D eigenvalue weighted by Crippen LogP contribution is 2.19. The third kappa shape index (κ3) is 5.91. The fourth-order valence-corrected chi connectivity index (χ4v) is 2.19. The van der Waals surface area contributed by atoms with Crippen LogP contribution in [0, 0.1) is 6.92 Å². The third-order valence-corrected chi connectivity index (χ3v) is 3.74. The molecular formula is C19H27N5O2. The number of hydrogen-bond donors (Lipinski definition) is 2. The molecule has 2 rings (SSSR count). The van der Waals surface area contributed by atoms with Gasteiger partial charge in [0.05, 0.1) is 5.69 Å². The number of rotatable bonds is 7. The number of carbonyl (C=O) groups excluding carboxylic acids is 1. The van der Waals surface area contributed by atoms with Gasteiger partial charge in [-0.15, -0.1) is 0 Å². The molecule has 1 heterocycles. The first-order valence-corrected chi connectivity index (χ1v) is 8.73. The lowest BCUT2D eigenvalue weighted by Crippen LogP contribution is -2.39. The first-order valence-electron chi connectivity index (χ1n) is 8.73. The second-order valence-electron chi connectivity index (χ2n) is 6.17. The van der Waals surface area contributed by atoms with Gasteiger partial charge in [0.15, 0.2) is 5.96 Å². The van der Waals surface area contributed by atoms with Crippen LogP contribution in [0.1, 0.15) is 18.2 Å². The van der Waals surface area contributed by atoms with Crippen LogP contribution in [0.25, 0.3) is 11.5 Å². The van der Waals surface area contributed by atoms with E-state index in [0.717, 1.165) is 17.8 Å². The highest BCUT2D eigenvalue weighted by Gasteiger charge is 2.07. The van der Waals surface area contributed by atoms with Crippen LogP contribution < -0.4 is 10.6 Å². The van der Waals surface area contributed by atoms with Crippen molar-refractivity contribution in [2.45, 2.75) is 20.3 Å². The summed E-state index contributed by atoms with van der Waals surface area (Å²) in [6, 6.07) is 8.08. The van der Waals surface area contributed by atoms with Crippen molar-refractivity contribution in [3.05, 3.63) is 41.8 Å². The van der Waals surface area contributed by atoms with Gasteiger partial charge >= 0.3 is 0 Å². The van der Waals surface area contributed by atoms with Gasteiger partial charge in [-0.05, 0) is 26.0 Å². The van der Waals surface area contributed by atoms with Crippen molar-refractivity contribution in [2.24, 2.45) is 4.99 Å². The first kappa shape index (κ1) is 19.5. The lowest BCUT2D eigenvalue weighted by molar-refractivity contribution is -0.127. The lowest BCUT2D eigenvalue weighted by atomic mass is 10.1. The number of likely N-dealkylation sites (N-methyl/N-ethyl adjacent to an activating group) is 1. The molecule has 2 aromatic rings.